The minimum Gasteiger partial charge on any atom is -0.307 e. The molecule has 0 atom stereocenters. The van der Waals surface area contributed by atoms with Crippen LogP contribution in [0, 0.1) is 0 Å². The zero-order valence-electron chi connectivity index (χ0n) is 25.1. The highest BCUT2D eigenvalue weighted by Gasteiger charge is 2.32. The fourth-order valence-electron chi connectivity index (χ4n) is 7.72. The standard InChI is InChI=1S/C42H28N4/c1-3-14-28(15-4-1)39-33-20-9-11-21-35(33)43-42(44-39)46-37-26-23-27-13-7-8-18-30(27)38(37)34-25-24-32-31-19-10-12-22-36(31)45(40(32)41(34)46)29-16-5-2-6-17-29/h1-23,26H,24-25H2. The van der Waals surface area contributed by atoms with Crippen LogP contribution in [0.2, 0.25) is 0 Å². The maximum atomic E-state index is 5.42. The summed E-state index contributed by atoms with van der Waals surface area (Å²) in [7, 11) is 0. The van der Waals surface area contributed by atoms with Crippen LogP contribution >= 0.6 is 0 Å². The average molecular weight is 589 g/mol. The lowest BCUT2D eigenvalue weighted by Gasteiger charge is -2.21. The Morgan fingerprint density at radius 3 is 1.96 bits per heavy atom. The van der Waals surface area contributed by atoms with E-state index in [1.54, 1.807) is 0 Å². The van der Waals surface area contributed by atoms with E-state index in [0.29, 0.717) is 5.95 Å². The maximum absolute atomic E-state index is 5.42. The quantitative estimate of drug-likeness (QED) is 0.206. The van der Waals surface area contributed by atoms with Crippen LogP contribution in [0.15, 0.2) is 146 Å². The Hall–Kier alpha value is -6.00. The molecule has 3 heterocycles. The Morgan fingerprint density at radius 2 is 1.11 bits per heavy atom. The second-order valence-electron chi connectivity index (χ2n) is 12.1. The highest BCUT2D eigenvalue weighted by Crippen LogP contribution is 2.48. The minimum absolute atomic E-state index is 0.691. The summed E-state index contributed by atoms with van der Waals surface area (Å²) in [6, 6.07) is 51.7. The van der Waals surface area contributed by atoms with Crippen molar-refractivity contribution in [1.29, 1.82) is 0 Å². The number of rotatable bonds is 3. The lowest BCUT2D eigenvalue weighted by Crippen LogP contribution is -2.11. The summed E-state index contributed by atoms with van der Waals surface area (Å²) in [5, 5.41) is 6.16. The van der Waals surface area contributed by atoms with Gasteiger partial charge in [-0.15, -0.1) is 0 Å². The van der Waals surface area contributed by atoms with Crippen LogP contribution in [0.25, 0.3) is 77.8 Å². The number of hydrogen-bond acceptors (Lipinski definition) is 2. The average Bonchev–Trinajstić information content (AvgIpc) is 3.65. The molecule has 46 heavy (non-hydrogen) atoms. The van der Waals surface area contributed by atoms with Gasteiger partial charge in [0.1, 0.15) is 0 Å². The number of aromatic nitrogens is 4. The van der Waals surface area contributed by atoms with Crippen LogP contribution in [0.5, 0.6) is 0 Å². The first-order valence-electron chi connectivity index (χ1n) is 15.9. The molecule has 0 radical (unpaired) electrons. The molecule has 0 spiro atoms. The Balaban J connectivity index is 1.40. The molecule has 0 unspecified atom stereocenters. The van der Waals surface area contributed by atoms with E-state index in [0.717, 1.165) is 46.2 Å². The molecule has 4 heteroatoms. The molecule has 0 saturated heterocycles. The molecule has 1 aliphatic rings. The monoisotopic (exact) mass is 588 g/mol. The lowest BCUT2D eigenvalue weighted by molar-refractivity contribution is 0.902. The fourth-order valence-corrected chi connectivity index (χ4v) is 7.72. The van der Waals surface area contributed by atoms with Crippen molar-refractivity contribution >= 4 is 43.5 Å². The second kappa shape index (κ2) is 9.75. The molecule has 1 aliphatic carbocycles. The van der Waals surface area contributed by atoms with Crippen molar-refractivity contribution < 1.29 is 0 Å². The van der Waals surface area contributed by atoms with Gasteiger partial charge < -0.3 is 4.57 Å². The molecular formula is C42H28N4. The molecule has 0 N–H and O–H groups in total. The Kier molecular flexibility index (Phi) is 5.37. The number of para-hydroxylation sites is 3. The predicted molar refractivity (Wildman–Crippen MR) is 189 cm³/mol. The lowest BCUT2D eigenvalue weighted by atomic mass is 9.90. The number of benzene rings is 6. The summed E-state index contributed by atoms with van der Waals surface area (Å²) in [6.45, 7) is 0. The summed E-state index contributed by atoms with van der Waals surface area (Å²) in [6.07, 6.45) is 1.92. The van der Waals surface area contributed by atoms with Crippen molar-refractivity contribution in [3.8, 4) is 34.3 Å². The zero-order chi connectivity index (χ0) is 30.2. The van der Waals surface area contributed by atoms with Crippen LogP contribution < -0.4 is 0 Å². The molecule has 3 aromatic heterocycles. The Labute approximate surface area is 265 Å². The molecule has 10 rings (SSSR count). The third-order valence-corrected chi connectivity index (χ3v) is 9.64. The van der Waals surface area contributed by atoms with E-state index < -0.39 is 0 Å². The van der Waals surface area contributed by atoms with Gasteiger partial charge >= 0.3 is 0 Å². The van der Waals surface area contributed by atoms with E-state index in [2.05, 4.69) is 155 Å². The topological polar surface area (TPSA) is 35.6 Å². The van der Waals surface area contributed by atoms with E-state index in [1.165, 1.54) is 49.6 Å². The highest BCUT2D eigenvalue weighted by atomic mass is 15.2. The van der Waals surface area contributed by atoms with E-state index in [4.69, 9.17) is 9.97 Å². The van der Waals surface area contributed by atoms with Gasteiger partial charge in [-0.25, -0.2) is 9.97 Å². The maximum Gasteiger partial charge on any atom is 0.235 e. The van der Waals surface area contributed by atoms with Crippen molar-refractivity contribution in [3.63, 3.8) is 0 Å². The van der Waals surface area contributed by atoms with Gasteiger partial charge in [0.15, 0.2) is 0 Å². The minimum atomic E-state index is 0.691. The van der Waals surface area contributed by atoms with Crippen LogP contribution in [-0.2, 0) is 12.8 Å². The molecule has 216 valence electrons. The van der Waals surface area contributed by atoms with E-state index >= 15 is 0 Å². The molecule has 0 aliphatic heterocycles. The van der Waals surface area contributed by atoms with Gasteiger partial charge in [0.25, 0.3) is 0 Å². The molecule has 0 bridgehead atoms. The van der Waals surface area contributed by atoms with Crippen molar-refractivity contribution in [2.24, 2.45) is 0 Å². The number of aryl methyl sites for hydroxylation is 2. The van der Waals surface area contributed by atoms with E-state index in [9.17, 15) is 0 Å². The zero-order valence-corrected chi connectivity index (χ0v) is 25.1. The van der Waals surface area contributed by atoms with Gasteiger partial charge in [0.05, 0.1) is 33.6 Å². The first-order valence-corrected chi connectivity index (χ1v) is 15.9. The van der Waals surface area contributed by atoms with Crippen molar-refractivity contribution in [1.82, 2.24) is 19.1 Å². The number of fused-ring (bicyclic) bond motifs is 10. The SMILES string of the molecule is c1ccc(-c2nc(-n3c4c(c5c6ccccc6ccc53)CCc3c-4n(-c4ccccc4)c4ccccc34)nc3ccccc23)cc1. The van der Waals surface area contributed by atoms with Gasteiger partial charge in [0, 0.05) is 27.4 Å². The molecule has 6 aromatic carbocycles. The van der Waals surface area contributed by atoms with Crippen molar-refractivity contribution in [2.75, 3.05) is 0 Å². The van der Waals surface area contributed by atoms with Gasteiger partial charge in [-0.1, -0.05) is 115 Å². The van der Waals surface area contributed by atoms with Crippen LogP contribution in [0.1, 0.15) is 11.1 Å². The van der Waals surface area contributed by atoms with Gasteiger partial charge in [0.2, 0.25) is 5.95 Å². The van der Waals surface area contributed by atoms with Crippen LogP contribution in [0.3, 0.4) is 0 Å². The van der Waals surface area contributed by atoms with Crippen molar-refractivity contribution in [2.45, 2.75) is 12.8 Å². The summed E-state index contributed by atoms with van der Waals surface area (Å²) in [4.78, 5) is 10.7. The second-order valence-corrected chi connectivity index (χ2v) is 12.1. The Bertz CT molecular complexity index is 2630. The van der Waals surface area contributed by atoms with E-state index in [-0.39, 0.29) is 0 Å². The van der Waals surface area contributed by atoms with Crippen LogP contribution in [-0.4, -0.2) is 19.1 Å². The van der Waals surface area contributed by atoms with E-state index in [1.807, 2.05) is 0 Å². The first kappa shape index (κ1) is 25.3. The molecule has 9 aromatic rings. The fraction of sp³-hybridized carbons (Fsp3) is 0.0476. The van der Waals surface area contributed by atoms with Crippen LogP contribution in [0.4, 0.5) is 0 Å². The molecule has 0 saturated carbocycles. The summed E-state index contributed by atoms with van der Waals surface area (Å²) in [5.74, 6) is 0.691. The molecule has 4 nitrogen and oxygen atoms in total. The van der Waals surface area contributed by atoms with Gasteiger partial charge in [-0.05, 0) is 65.1 Å². The smallest absolute Gasteiger partial charge is 0.235 e. The summed E-state index contributed by atoms with van der Waals surface area (Å²) >= 11 is 0. The van der Waals surface area contributed by atoms with Gasteiger partial charge in [-0.3, -0.25) is 4.57 Å². The highest BCUT2D eigenvalue weighted by molar-refractivity contribution is 6.13. The molecule has 0 amide bonds. The third-order valence-electron chi connectivity index (χ3n) is 9.64. The molecule has 0 fully saturated rings. The third kappa shape index (κ3) is 3.55. The largest absolute Gasteiger partial charge is 0.307 e. The first-order chi connectivity index (χ1) is 22.8. The summed E-state index contributed by atoms with van der Waals surface area (Å²) < 4.78 is 4.81. The van der Waals surface area contributed by atoms with Crippen molar-refractivity contribution in [3.05, 3.63) is 157 Å². The summed E-state index contributed by atoms with van der Waals surface area (Å²) in [5.41, 5.74) is 11.6. The number of hydrogen-bond donors (Lipinski definition) is 0. The molecular weight excluding hydrogens is 560 g/mol. The van der Waals surface area contributed by atoms with Gasteiger partial charge in [-0.2, -0.15) is 0 Å². The normalized spacial score (nSPS) is 12.6. The predicted octanol–water partition coefficient (Wildman–Crippen LogP) is 10.1. The number of nitrogens with zero attached hydrogens (tertiary/aromatic N) is 4. The Morgan fingerprint density at radius 1 is 0.457 bits per heavy atom.